The Morgan fingerprint density at radius 2 is 1.73 bits per heavy atom. The number of nitrogens with zero attached hydrogens (tertiary/aromatic N) is 7. The minimum Gasteiger partial charge on any atom is -0.369 e. The Kier molecular flexibility index (Phi) is 8.29. The number of nitrogens with one attached hydrogen (secondary N) is 1. The molecule has 12 heteroatoms. The molecule has 1 fully saturated rings. The summed E-state index contributed by atoms with van der Waals surface area (Å²) in [5.41, 5.74) is 4.06. The molecule has 0 aliphatic carbocycles. The second-order valence-electron chi connectivity index (χ2n) is 10.1. The van der Waals surface area contributed by atoms with Gasteiger partial charge < -0.3 is 15.1 Å². The summed E-state index contributed by atoms with van der Waals surface area (Å²) in [5.74, 6) is -0.254. The van der Waals surface area contributed by atoms with Crippen molar-refractivity contribution in [3.8, 4) is 17.1 Å². The number of aryl methyl sites for hydroxylation is 2. The molecule has 1 aliphatic rings. The fraction of sp³-hybridized carbons (Fsp3) is 0.345. The molecule has 9 nitrogen and oxygen atoms in total. The van der Waals surface area contributed by atoms with Gasteiger partial charge in [0.25, 0.3) is 0 Å². The van der Waals surface area contributed by atoms with Crippen LogP contribution in [0.25, 0.3) is 17.1 Å². The lowest BCUT2D eigenvalue weighted by atomic mass is 10.1. The van der Waals surface area contributed by atoms with Crippen LogP contribution in [0.5, 0.6) is 0 Å². The first-order chi connectivity index (χ1) is 19.7. The first-order valence-electron chi connectivity index (χ1n) is 13.4. The minimum atomic E-state index is -4.46. The molecule has 5 rings (SSSR count). The highest BCUT2D eigenvalue weighted by molar-refractivity contribution is 5.76. The number of anilines is 1. The number of hydrogen-bond acceptors (Lipinski definition) is 7. The summed E-state index contributed by atoms with van der Waals surface area (Å²) in [5, 5.41) is 11.3. The van der Waals surface area contributed by atoms with Crippen molar-refractivity contribution in [2.45, 2.75) is 32.5 Å². The van der Waals surface area contributed by atoms with Gasteiger partial charge in [0.2, 0.25) is 5.91 Å². The summed E-state index contributed by atoms with van der Waals surface area (Å²) in [6.07, 6.45) is 1.09. The van der Waals surface area contributed by atoms with Gasteiger partial charge in [-0.1, -0.05) is 23.4 Å². The Hall–Kier alpha value is -4.32. The molecule has 1 saturated heterocycles. The van der Waals surface area contributed by atoms with Gasteiger partial charge in [-0.15, -0.1) is 5.10 Å². The van der Waals surface area contributed by atoms with E-state index in [0.717, 1.165) is 47.9 Å². The predicted octanol–water partition coefficient (Wildman–Crippen LogP) is 4.05. The van der Waals surface area contributed by atoms with Crippen LogP contribution in [0, 0.1) is 6.92 Å². The van der Waals surface area contributed by atoms with Crippen LogP contribution in [-0.2, 0) is 23.9 Å². The number of piperazine rings is 1. The smallest absolute Gasteiger partial charge is 0.369 e. The fourth-order valence-corrected chi connectivity index (χ4v) is 4.88. The van der Waals surface area contributed by atoms with Crippen LogP contribution in [0.3, 0.4) is 0 Å². The largest absolute Gasteiger partial charge is 0.416 e. The van der Waals surface area contributed by atoms with Crippen molar-refractivity contribution in [2.75, 3.05) is 38.1 Å². The molecule has 4 aromatic rings. The van der Waals surface area contributed by atoms with Gasteiger partial charge in [-0.05, 0) is 55.8 Å². The summed E-state index contributed by atoms with van der Waals surface area (Å²) in [7, 11) is 2.02. The molecule has 0 saturated carbocycles. The molecule has 3 heterocycles. The van der Waals surface area contributed by atoms with Crippen molar-refractivity contribution in [2.24, 2.45) is 0 Å². The lowest BCUT2D eigenvalue weighted by molar-refractivity contribution is -0.137. The van der Waals surface area contributed by atoms with E-state index in [1.54, 1.807) is 23.3 Å². The molecule has 0 radical (unpaired) electrons. The monoisotopic (exact) mass is 564 g/mol. The summed E-state index contributed by atoms with van der Waals surface area (Å²) >= 11 is 0. The van der Waals surface area contributed by atoms with E-state index in [1.165, 1.54) is 6.07 Å². The van der Waals surface area contributed by atoms with Crippen molar-refractivity contribution in [3.63, 3.8) is 0 Å². The minimum absolute atomic E-state index is 0.00989. The van der Waals surface area contributed by atoms with Crippen molar-refractivity contribution in [1.29, 1.82) is 0 Å². The zero-order valence-electron chi connectivity index (χ0n) is 22.9. The van der Waals surface area contributed by atoms with Gasteiger partial charge in [0.05, 0.1) is 23.1 Å². The number of hydrogen-bond donors (Lipinski definition) is 1. The second-order valence-corrected chi connectivity index (χ2v) is 10.1. The Morgan fingerprint density at radius 3 is 2.49 bits per heavy atom. The maximum atomic E-state index is 13.5. The quantitative estimate of drug-likeness (QED) is 0.345. The van der Waals surface area contributed by atoms with E-state index in [4.69, 9.17) is 0 Å². The fourth-order valence-electron chi connectivity index (χ4n) is 4.88. The maximum absolute atomic E-state index is 13.5. The molecule has 1 N–H and O–H groups in total. The van der Waals surface area contributed by atoms with E-state index in [0.29, 0.717) is 36.5 Å². The molecule has 214 valence electrons. The zero-order chi connectivity index (χ0) is 29.0. The van der Waals surface area contributed by atoms with Gasteiger partial charge in [-0.2, -0.15) is 13.2 Å². The van der Waals surface area contributed by atoms with Crippen LogP contribution in [-0.4, -0.2) is 69.0 Å². The molecule has 1 aliphatic heterocycles. The van der Waals surface area contributed by atoms with Gasteiger partial charge in [0.1, 0.15) is 11.4 Å². The molecule has 41 heavy (non-hydrogen) atoms. The molecule has 0 spiro atoms. The normalized spacial score (nSPS) is 14.3. The van der Waals surface area contributed by atoms with Crippen LogP contribution in [0.2, 0.25) is 0 Å². The zero-order valence-corrected chi connectivity index (χ0v) is 22.9. The summed E-state index contributed by atoms with van der Waals surface area (Å²) in [6.45, 7) is 4.91. The highest BCUT2D eigenvalue weighted by atomic mass is 19.4. The van der Waals surface area contributed by atoms with E-state index < -0.39 is 11.7 Å². The number of para-hydroxylation sites is 1. The topological polar surface area (TPSA) is 92.1 Å². The third-order valence-electron chi connectivity index (χ3n) is 7.20. The molecule has 1 amide bonds. The van der Waals surface area contributed by atoms with Crippen LogP contribution >= 0.6 is 0 Å². The lowest BCUT2D eigenvalue weighted by Gasteiger charge is -2.35. The molecule has 2 aromatic carbocycles. The number of halogens is 3. The van der Waals surface area contributed by atoms with E-state index in [1.807, 2.05) is 38.2 Å². The highest BCUT2D eigenvalue weighted by Gasteiger charge is 2.31. The molecule has 0 atom stereocenters. The molecule has 2 aromatic heterocycles. The standard InChI is InChI=1S/C29H31F3N8O/c1-20-28(34-12-11-33-20)24-19-40(37-36-24)26-6-4-3-5-21(26)7-10-27(41)35-18-22-17-23(29(30,31)32)8-9-25(22)39-15-13-38(2)14-16-39/h3-6,8-9,11-12,17,19H,7,10,13-16,18H2,1-2H3,(H,35,41). The third-order valence-corrected chi connectivity index (χ3v) is 7.20. The molecular weight excluding hydrogens is 533 g/mol. The predicted molar refractivity (Wildman–Crippen MR) is 148 cm³/mol. The SMILES string of the molecule is Cc1nccnc1-c1cn(-c2ccccc2CCC(=O)NCc2cc(C(F)(F)F)ccc2N2CCN(C)CC2)nn1. The van der Waals surface area contributed by atoms with Crippen LogP contribution in [0.15, 0.2) is 61.1 Å². The van der Waals surface area contributed by atoms with Crippen molar-refractivity contribution in [1.82, 2.24) is 35.2 Å². The Bertz CT molecular complexity index is 1510. The number of alkyl halides is 3. The second kappa shape index (κ2) is 12.0. The van der Waals surface area contributed by atoms with Crippen molar-refractivity contribution in [3.05, 3.63) is 83.4 Å². The molecule has 0 unspecified atom stereocenters. The Balaban J connectivity index is 1.27. The number of carbonyl (C=O) groups excluding carboxylic acids is 1. The number of amides is 1. The van der Waals surface area contributed by atoms with Crippen LogP contribution in [0.1, 0.15) is 28.8 Å². The maximum Gasteiger partial charge on any atom is 0.416 e. The van der Waals surface area contributed by atoms with Crippen LogP contribution < -0.4 is 10.2 Å². The summed E-state index contributed by atoms with van der Waals surface area (Å²) in [6, 6.07) is 11.3. The summed E-state index contributed by atoms with van der Waals surface area (Å²) in [4.78, 5) is 25.7. The Labute approximate surface area is 236 Å². The lowest BCUT2D eigenvalue weighted by Crippen LogP contribution is -2.45. The van der Waals surface area contributed by atoms with E-state index >= 15 is 0 Å². The molecule has 0 bridgehead atoms. The third kappa shape index (κ3) is 6.71. The van der Waals surface area contributed by atoms with E-state index in [-0.39, 0.29) is 18.9 Å². The number of aromatic nitrogens is 5. The number of likely N-dealkylation sites (N-methyl/N-ethyl adjacent to an activating group) is 1. The van der Waals surface area contributed by atoms with E-state index in [9.17, 15) is 18.0 Å². The Morgan fingerprint density at radius 1 is 0.976 bits per heavy atom. The van der Waals surface area contributed by atoms with E-state index in [2.05, 4.69) is 35.4 Å². The van der Waals surface area contributed by atoms with Crippen molar-refractivity contribution >= 4 is 11.6 Å². The van der Waals surface area contributed by atoms with Gasteiger partial charge in [0, 0.05) is 57.2 Å². The van der Waals surface area contributed by atoms with Gasteiger partial charge >= 0.3 is 6.18 Å². The first-order valence-corrected chi connectivity index (χ1v) is 13.4. The molecular formula is C29H31F3N8O. The van der Waals surface area contributed by atoms with Gasteiger partial charge in [0.15, 0.2) is 0 Å². The highest BCUT2D eigenvalue weighted by Crippen LogP contribution is 2.33. The van der Waals surface area contributed by atoms with Gasteiger partial charge in [-0.3, -0.25) is 14.8 Å². The number of benzene rings is 2. The first kappa shape index (κ1) is 28.2. The number of carbonyl (C=O) groups is 1. The van der Waals surface area contributed by atoms with Crippen molar-refractivity contribution < 1.29 is 18.0 Å². The number of rotatable bonds is 8. The average molecular weight is 565 g/mol. The van der Waals surface area contributed by atoms with Crippen LogP contribution in [0.4, 0.5) is 18.9 Å². The average Bonchev–Trinajstić information content (AvgIpc) is 3.45. The summed E-state index contributed by atoms with van der Waals surface area (Å²) < 4.78 is 42.1. The van der Waals surface area contributed by atoms with Gasteiger partial charge in [-0.25, -0.2) is 4.68 Å².